The predicted octanol–water partition coefficient (Wildman–Crippen LogP) is 6.08. The van der Waals surface area contributed by atoms with Crippen LogP contribution >= 0.6 is 0 Å². The zero-order chi connectivity index (χ0) is 21.8. The molecule has 2 aromatic carbocycles. The van der Waals surface area contributed by atoms with Crippen LogP contribution in [-0.2, 0) is 6.18 Å². The summed E-state index contributed by atoms with van der Waals surface area (Å²) in [4.78, 5) is 13.4. The van der Waals surface area contributed by atoms with Gasteiger partial charge in [-0.3, -0.25) is 4.79 Å². The van der Waals surface area contributed by atoms with E-state index in [1.54, 1.807) is 18.2 Å². The van der Waals surface area contributed by atoms with Crippen molar-refractivity contribution in [3.63, 3.8) is 0 Å². The van der Waals surface area contributed by atoms with Crippen LogP contribution in [0, 0.1) is 17.8 Å². The van der Waals surface area contributed by atoms with Crippen LogP contribution in [0.3, 0.4) is 0 Å². The van der Waals surface area contributed by atoms with Crippen molar-refractivity contribution in [2.45, 2.75) is 50.2 Å². The molecule has 6 rings (SSSR count). The molecule has 4 aliphatic rings. The summed E-state index contributed by atoms with van der Waals surface area (Å²) in [5.74, 6) is 2.52. The minimum atomic E-state index is -4.40. The molecule has 0 aromatic heterocycles. The summed E-state index contributed by atoms with van der Waals surface area (Å²) in [5, 5.41) is 3.36. The fourth-order valence-electron chi connectivity index (χ4n) is 6.50. The third-order valence-corrected chi connectivity index (χ3v) is 7.41. The van der Waals surface area contributed by atoms with Crippen molar-refractivity contribution in [1.29, 1.82) is 0 Å². The van der Waals surface area contributed by atoms with Crippen molar-refractivity contribution < 1.29 is 22.7 Å². The van der Waals surface area contributed by atoms with Gasteiger partial charge in [-0.2, -0.15) is 13.2 Å². The quantitative estimate of drug-likeness (QED) is 0.640. The molecule has 6 heteroatoms. The lowest BCUT2D eigenvalue weighted by Crippen LogP contribution is -2.59. The number of nitrogens with one attached hydrogen (secondary N) is 1. The zero-order valence-corrected chi connectivity index (χ0v) is 17.5. The summed E-state index contributed by atoms with van der Waals surface area (Å²) in [5.41, 5.74) is 0.760. The molecule has 0 atom stereocenters. The Bertz CT molecular complexity index is 962. The van der Waals surface area contributed by atoms with Gasteiger partial charge in [-0.05, 0) is 97.7 Å². The van der Waals surface area contributed by atoms with Crippen LogP contribution in [0.2, 0.25) is 0 Å². The third-order valence-electron chi connectivity index (χ3n) is 7.41. The van der Waals surface area contributed by atoms with Gasteiger partial charge in [-0.1, -0.05) is 12.1 Å². The van der Waals surface area contributed by atoms with Gasteiger partial charge in [0.2, 0.25) is 0 Å². The molecule has 3 nitrogen and oxygen atoms in total. The van der Waals surface area contributed by atoms with E-state index in [-0.39, 0.29) is 11.4 Å². The zero-order valence-electron chi connectivity index (χ0n) is 17.5. The molecule has 0 unspecified atom stereocenters. The number of carbonyl (C=O) groups is 1. The smallest absolute Gasteiger partial charge is 0.416 e. The third kappa shape index (κ3) is 3.81. The Kier molecular flexibility index (Phi) is 4.79. The van der Waals surface area contributed by atoms with Crippen LogP contribution in [-0.4, -0.2) is 18.6 Å². The Hall–Kier alpha value is -2.50. The van der Waals surface area contributed by atoms with Crippen LogP contribution in [0.25, 0.3) is 11.1 Å². The molecule has 2 aromatic rings. The maximum absolute atomic E-state index is 13.4. The van der Waals surface area contributed by atoms with Crippen LogP contribution in [0.4, 0.5) is 13.2 Å². The van der Waals surface area contributed by atoms with E-state index >= 15 is 0 Å². The lowest BCUT2D eigenvalue weighted by atomic mass is 9.53. The number of amides is 1. The van der Waals surface area contributed by atoms with E-state index in [9.17, 15) is 18.0 Å². The van der Waals surface area contributed by atoms with Crippen LogP contribution in [0.15, 0.2) is 42.5 Å². The first-order valence-electron chi connectivity index (χ1n) is 10.9. The molecule has 4 saturated carbocycles. The fourth-order valence-corrected chi connectivity index (χ4v) is 6.50. The number of carbonyl (C=O) groups excluding carboxylic acids is 1. The second kappa shape index (κ2) is 7.28. The number of ether oxygens (including phenoxy) is 1. The van der Waals surface area contributed by atoms with Crippen molar-refractivity contribution in [3.05, 3.63) is 53.6 Å². The van der Waals surface area contributed by atoms with Crippen LogP contribution < -0.4 is 10.1 Å². The van der Waals surface area contributed by atoms with E-state index in [0.717, 1.165) is 31.4 Å². The Morgan fingerprint density at radius 2 is 1.55 bits per heavy atom. The maximum Gasteiger partial charge on any atom is 0.416 e. The molecule has 0 heterocycles. The molecule has 164 valence electrons. The molecule has 31 heavy (non-hydrogen) atoms. The molecule has 4 fully saturated rings. The lowest BCUT2D eigenvalue weighted by molar-refractivity contribution is -0.137. The van der Waals surface area contributed by atoms with Gasteiger partial charge in [-0.15, -0.1) is 0 Å². The first-order chi connectivity index (χ1) is 14.7. The van der Waals surface area contributed by atoms with Crippen molar-refractivity contribution in [2.24, 2.45) is 17.8 Å². The van der Waals surface area contributed by atoms with E-state index in [0.29, 0.717) is 40.2 Å². The van der Waals surface area contributed by atoms with Crippen molar-refractivity contribution in [3.8, 4) is 16.9 Å². The lowest BCUT2D eigenvalue weighted by Gasteiger charge is -2.56. The predicted molar refractivity (Wildman–Crippen MR) is 112 cm³/mol. The van der Waals surface area contributed by atoms with E-state index in [1.807, 2.05) is 0 Å². The number of hydrogen-bond donors (Lipinski definition) is 1. The van der Waals surface area contributed by atoms with Gasteiger partial charge in [0.15, 0.2) is 0 Å². The number of rotatable bonds is 4. The van der Waals surface area contributed by atoms with Gasteiger partial charge in [-0.25, -0.2) is 0 Å². The highest BCUT2D eigenvalue weighted by molar-refractivity contribution is 6.01. The second-order valence-corrected chi connectivity index (χ2v) is 9.64. The first-order valence-corrected chi connectivity index (χ1v) is 10.9. The summed E-state index contributed by atoms with van der Waals surface area (Å²) in [6.45, 7) is 0. The maximum atomic E-state index is 13.4. The van der Waals surface area contributed by atoms with Crippen LogP contribution in [0.5, 0.6) is 5.75 Å². The Morgan fingerprint density at radius 1 is 0.968 bits per heavy atom. The molecule has 1 amide bonds. The van der Waals surface area contributed by atoms with E-state index in [2.05, 4.69) is 5.32 Å². The van der Waals surface area contributed by atoms with Gasteiger partial charge in [0.05, 0.1) is 12.7 Å². The van der Waals surface area contributed by atoms with Crippen molar-refractivity contribution >= 4 is 5.91 Å². The molecule has 0 spiro atoms. The Balaban J connectivity index is 1.46. The summed E-state index contributed by atoms with van der Waals surface area (Å²) < 4.78 is 44.2. The van der Waals surface area contributed by atoms with Gasteiger partial charge < -0.3 is 10.1 Å². The molecule has 0 aliphatic heterocycles. The summed E-state index contributed by atoms with van der Waals surface area (Å²) >= 11 is 0. The minimum Gasteiger partial charge on any atom is -0.497 e. The van der Waals surface area contributed by atoms with Crippen LogP contribution in [0.1, 0.15) is 54.4 Å². The number of hydrogen-bond acceptors (Lipinski definition) is 2. The van der Waals surface area contributed by atoms with Gasteiger partial charge >= 0.3 is 6.18 Å². The van der Waals surface area contributed by atoms with E-state index in [1.165, 1.54) is 38.5 Å². The molecule has 4 bridgehead atoms. The first kappa shape index (κ1) is 20.4. The molecule has 0 radical (unpaired) electrons. The average Bonchev–Trinajstić information content (AvgIpc) is 2.71. The molecule has 0 saturated heterocycles. The Labute approximate surface area is 180 Å². The summed E-state index contributed by atoms with van der Waals surface area (Å²) in [6.07, 6.45) is 2.58. The molecule has 1 N–H and O–H groups in total. The highest BCUT2D eigenvalue weighted by atomic mass is 19.4. The number of methoxy groups -OCH3 is 1. The van der Waals surface area contributed by atoms with Gasteiger partial charge in [0.1, 0.15) is 5.75 Å². The fraction of sp³-hybridized carbons (Fsp3) is 0.480. The largest absolute Gasteiger partial charge is 0.497 e. The Morgan fingerprint density at radius 3 is 2.06 bits per heavy atom. The highest BCUT2D eigenvalue weighted by Gasteiger charge is 2.51. The molecular formula is C25H26F3NO2. The monoisotopic (exact) mass is 429 g/mol. The summed E-state index contributed by atoms with van der Waals surface area (Å²) in [7, 11) is 1.53. The molecule has 4 aliphatic carbocycles. The SMILES string of the molecule is COc1ccc(C(=O)NC23CC4CC(CC(C4)C2)C3)c(-c2ccc(C(F)(F)F)cc2)c1. The van der Waals surface area contributed by atoms with Gasteiger partial charge in [0, 0.05) is 11.1 Å². The summed E-state index contributed by atoms with van der Waals surface area (Å²) in [6, 6.07) is 10.1. The number of benzene rings is 2. The standard InChI is InChI=1S/C25H26F3NO2/c1-31-20-6-7-21(22(11-20)18-2-4-19(5-3-18)25(26,27)28)23(30)29-24-12-15-8-16(13-24)10-17(9-15)14-24/h2-7,11,15-17H,8-10,12-14H2,1H3,(H,29,30). The van der Waals surface area contributed by atoms with E-state index < -0.39 is 11.7 Å². The highest BCUT2D eigenvalue weighted by Crippen LogP contribution is 2.55. The molecular weight excluding hydrogens is 403 g/mol. The van der Waals surface area contributed by atoms with E-state index in [4.69, 9.17) is 4.74 Å². The number of halogens is 3. The van der Waals surface area contributed by atoms with Gasteiger partial charge in [0.25, 0.3) is 5.91 Å². The topological polar surface area (TPSA) is 38.3 Å². The van der Waals surface area contributed by atoms with Crippen molar-refractivity contribution in [1.82, 2.24) is 5.32 Å². The average molecular weight is 429 g/mol. The van der Waals surface area contributed by atoms with Crippen molar-refractivity contribution in [2.75, 3.05) is 7.11 Å². The number of alkyl halides is 3. The normalized spacial score (nSPS) is 29.1. The second-order valence-electron chi connectivity index (χ2n) is 9.64. The minimum absolute atomic E-state index is 0.136.